The molecule has 15 nitrogen and oxygen atoms in total. The van der Waals surface area contributed by atoms with Crippen LogP contribution < -0.4 is 0 Å². The largest absolute Gasteiger partial charge is 0.379 e. The summed E-state index contributed by atoms with van der Waals surface area (Å²) in [7, 11) is 0. The monoisotopic (exact) mass is 702 g/mol. The molecular weight excluding hydrogens is 640 g/mol. The van der Waals surface area contributed by atoms with Crippen molar-refractivity contribution in [1.29, 1.82) is 0 Å². The maximum atomic E-state index is 12.7. The van der Waals surface area contributed by atoms with Crippen molar-refractivity contribution in [2.75, 3.05) is 119 Å². The van der Waals surface area contributed by atoms with Gasteiger partial charge in [-0.3, -0.25) is 14.5 Å². The third-order valence-electron chi connectivity index (χ3n) is 7.48. The number of ether oxygens (including phenoxy) is 9. The Morgan fingerprint density at radius 2 is 1.04 bits per heavy atom. The normalized spacial score (nSPS) is 15.4. The number of carbonyl (C=O) groups is 2. The number of rotatable bonds is 32. The first-order chi connectivity index (χ1) is 23.7. The average Bonchev–Trinajstić information content (AvgIpc) is 3.63. The molecule has 0 N–H and O–H groups in total. The van der Waals surface area contributed by atoms with E-state index in [0.717, 1.165) is 13.0 Å². The van der Waals surface area contributed by atoms with Gasteiger partial charge in [-0.25, -0.2) is 4.68 Å². The molecule has 2 rings (SSSR count). The number of amides is 2. The van der Waals surface area contributed by atoms with Crippen molar-refractivity contribution >= 4 is 11.8 Å². The second kappa shape index (κ2) is 26.7. The summed E-state index contributed by atoms with van der Waals surface area (Å²) in [5.41, 5.74) is 0.317. The minimum Gasteiger partial charge on any atom is -0.379 e. The lowest BCUT2D eigenvalue weighted by molar-refractivity contribution is -0.141. The Balaban J connectivity index is 1.26. The highest BCUT2D eigenvalue weighted by molar-refractivity contribution is 6.03. The molecule has 0 spiro atoms. The van der Waals surface area contributed by atoms with E-state index >= 15 is 0 Å². The van der Waals surface area contributed by atoms with E-state index in [1.807, 2.05) is 20.8 Å². The van der Waals surface area contributed by atoms with Gasteiger partial charge in [0.2, 0.25) is 11.8 Å². The minimum absolute atomic E-state index is 0.140. The Kier molecular flexibility index (Phi) is 23.5. The lowest BCUT2D eigenvalue weighted by atomic mass is 9.80. The van der Waals surface area contributed by atoms with Gasteiger partial charge < -0.3 is 42.6 Å². The van der Waals surface area contributed by atoms with E-state index in [1.165, 1.54) is 4.90 Å². The van der Waals surface area contributed by atoms with E-state index in [0.29, 0.717) is 130 Å². The first kappa shape index (κ1) is 43.1. The highest BCUT2D eigenvalue weighted by Gasteiger charge is 2.44. The summed E-state index contributed by atoms with van der Waals surface area (Å²) in [6, 6.07) is 0. The van der Waals surface area contributed by atoms with Crippen LogP contribution in [-0.4, -0.2) is 151 Å². The minimum atomic E-state index is -0.302. The molecule has 1 saturated heterocycles. The van der Waals surface area contributed by atoms with Crippen LogP contribution in [0.2, 0.25) is 0 Å². The topological polar surface area (TPSA) is 151 Å². The van der Waals surface area contributed by atoms with Crippen LogP contribution >= 0.6 is 0 Å². The molecule has 2 amide bonds. The second-order valence-electron chi connectivity index (χ2n) is 13.1. The molecule has 1 unspecified atom stereocenters. The quantitative estimate of drug-likeness (QED) is 0.0799. The van der Waals surface area contributed by atoms with Gasteiger partial charge in [0, 0.05) is 13.0 Å². The molecule has 284 valence electrons. The van der Waals surface area contributed by atoms with Gasteiger partial charge in [0.05, 0.1) is 138 Å². The van der Waals surface area contributed by atoms with Crippen molar-refractivity contribution in [2.45, 2.75) is 60.5 Å². The van der Waals surface area contributed by atoms with Crippen LogP contribution in [0.5, 0.6) is 0 Å². The Hall–Kier alpha value is -2.08. The number of imide groups is 1. The Labute approximate surface area is 292 Å². The first-order valence-corrected chi connectivity index (χ1v) is 17.6. The van der Waals surface area contributed by atoms with Crippen molar-refractivity contribution in [3.05, 3.63) is 11.9 Å². The molecule has 0 radical (unpaired) electrons. The Morgan fingerprint density at radius 3 is 1.41 bits per heavy atom. The van der Waals surface area contributed by atoms with E-state index < -0.39 is 0 Å². The Morgan fingerprint density at radius 1 is 0.653 bits per heavy atom. The Bertz CT molecular complexity index is 990. The molecule has 1 aliphatic rings. The van der Waals surface area contributed by atoms with Crippen LogP contribution in [0.15, 0.2) is 6.20 Å². The van der Waals surface area contributed by atoms with Crippen molar-refractivity contribution in [3.63, 3.8) is 0 Å². The van der Waals surface area contributed by atoms with Gasteiger partial charge in [0.15, 0.2) is 0 Å². The number of nitrogens with zero attached hydrogens (tertiary/aromatic N) is 4. The molecule has 49 heavy (non-hydrogen) atoms. The third kappa shape index (κ3) is 21.0. The van der Waals surface area contributed by atoms with Crippen molar-refractivity contribution < 1.29 is 52.2 Å². The zero-order chi connectivity index (χ0) is 35.6. The van der Waals surface area contributed by atoms with Crippen LogP contribution in [0.25, 0.3) is 0 Å². The number of aromatic nitrogens is 3. The molecule has 1 aromatic rings. The summed E-state index contributed by atoms with van der Waals surface area (Å²) in [5, 5.41) is 8.17. The molecule has 15 heteroatoms. The summed E-state index contributed by atoms with van der Waals surface area (Å²) < 4.78 is 51.2. The fraction of sp³-hybridized carbons (Fsp3) is 0.882. The van der Waals surface area contributed by atoms with E-state index in [9.17, 15) is 9.59 Å². The van der Waals surface area contributed by atoms with Crippen molar-refractivity contribution in [3.8, 4) is 0 Å². The summed E-state index contributed by atoms with van der Waals surface area (Å²) in [4.78, 5) is 26.3. The first-order valence-electron chi connectivity index (χ1n) is 17.6. The van der Waals surface area contributed by atoms with E-state index in [-0.39, 0.29) is 36.1 Å². The molecule has 0 bridgehead atoms. The van der Waals surface area contributed by atoms with Gasteiger partial charge in [0.25, 0.3) is 0 Å². The second-order valence-corrected chi connectivity index (χ2v) is 13.1. The molecule has 1 aromatic heterocycles. The van der Waals surface area contributed by atoms with Gasteiger partial charge in [-0.1, -0.05) is 39.8 Å². The van der Waals surface area contributed by atoms with Crippen LogP contribution in [0, 0.1) is 17.3 Å². The van der Waals surface area contributed by atoms with Gasteiger partial charge in [0.1, 0.15) is 5.69 Å². The number of hydrogen-bond acceptors (Lipinski definition) is 13. The zero-order valence-corrected chi connectivity index (χ0v) is 30.6. The van der Waals surface area contributed by atoms with Gasteiger partial charge >= 0.3 is 0 Å². The maximum absolute atomic E-state index is 12.7. The summed E-state index contributed by atoms with van der Waals surface area (Å²) in [5.74, 6) is 0.0591. The molecule has 0 aromatic carbocycles. The lowest BCUT2D eigenvalue weighted by Gasteiger charge is -2.24. The average molecular weight is 703 g/mol. The molecule has 0 saturated carbocycles. The number of hydrogen-bond donors (Lipinski definition) is 0. The van der Waals surface area contributed by atoms with Crippen molar-refractivity contribution in [2.24, 2.45) is 17.3 Å². The van der Waals surface area contributed by atoms with E-state index in [1.54, 1.807) is 10.9 Å². The van der Waals surface area contributed by atoms with Crippen LogP contribution in [0.1, 0.15) is 53.2 Å². The predicted molar refractivity (Wildman–Crippen MR) is 180 cm³/mol. The standard InChI is InChI=1S/C34H62N4O11/c1-29(2)6-8-41-10-12-43-14-16-45-18-20-47-22-24-49-25-23-48-21-19-46-17-15-44-13-11-42-9-7-37-27-30(35-36-37)28-38-32(39)26-31(33(38)40)34(3,4)5/h27,29,31H,6-26,28H2,1-5H3. The molecule has 1 fully saturated rings. The molecule has 1 aliphatic heterocycles. The fourth-order valence-electron chi connectivity index (χ4n) is 4.55. The van der Waals surface area contributed by atoms with Gasteiger partial charge in [-0.2, -0.15) is 0 Å². The number of likely N-dealkylation sites (tertiary alicyclic amines) is 1. The smallest absolute Gasteiger partial charge is 0.233 e. The molecule has 2 heterocycles. The predicted octanol–water partition coefficient (Wildman–Crippen LogP) is 2.39. The van der Waals surface area contributed by atoms with Crippen LogP contribution in [0.4, 0.5) is 0 Å². The maximum Gasteiger partial charge on any atom is 0.233 e. The van der Waals surface area contributed by atoms with E-state index in [2.05, 4.69) is 24.2 Å². The van der Waals surface area contributed by atoms with Crippen LogP contribution in [0.3, 0.4) is 0 Å². The molecule has 0 aliphatic carbocycles. The summed E-state index contributed by atoms with van der Waals surface area (Å²) >= 11 is 0. The van der Waals surface area contributed by atoms with Crippen LogP contribution in [-0.2, 0) is 65.3 Å². The molecule has 1 atom stereocenters. The summed E-state index contributed by atoms with van der Waals surface area (Å²) in [6.45, 7) is 20.3. The zero-order valence-electron chi connectivity index (χ0n) is 30.6. The fourth-order valence-corrected chi connectivity index (χ4v) is 4.55. The van der Waals surface area contributed by atoms with Gasteiger partial charge in [-0.05, 0) is 17.8 Å². The summed E-state index contributed by atoms with van der Waals surface area (Å²) in [6.07, 6.45) is 3.05. The molecular formula is C34H62N4O11. The highest BCUT2D eigenvalue weighted by atomic mass is 16.6. The SMILES string of the molecule is CC(C)CCOCCOCCOCCOCCOCCOCCOCCOCCOCCn1cc(CN2C(=O)CC(C(C)(C)C)C2=O)nn1. The third-order valence-corrected chi connectivity index (χ3v) is 7.48. The van der Waals surface area contributed by atoms with E-state index in [4.69, 9.17) is 42.6 Å². The highest BCUT2D eigenvalue weighted by Crippen LogP contribution is 2.35. The van der Waals surface area contributed by atoms with Gasteiger partial charge in [-0.15, -0.1) is 5.10 Å². The number of carbonyl (C=O) groups excluding carboxylic acids is 2. The lowest BCUT2D eigenvalue weighted by Crippen LogP contribution is -2.33. The van der Waals surface area contributed by atoms with Crippen molar-refractivity contribution in [1.82, 2.24) is 19.9 Å².